The number of hydrogen-bond donors (Lipinski definition) is 1. The number of imidazole rings is 1. The van der Waals surface area contributed by atoms with Crippen molar-refractivity contribution in [3.63, 3.8) is 0 Å². The van der Waals surface area contributed by atoms with Crippen molar-refractivity contribution < 1.29 is 0 Å². The number of hydrogen-bond acceptors (Lipinski definition) is 5. The normalized spacial score (nSPS) is 19.4. The van der Waals surface area contributed by atoms with E-state index in [4.69, 9.17) is 4.98 Å². The Kier molecular flexibility index (Phi) is 6.13. The molecule has 176 valence electrons. The van der Waals surface area contributed by atoms with Gasteiger partial charge in [0, 0.05) is 35.3 Å². The fraction of sp³-hybridized carbons (Fsp3) is 0.423. The first-order valence-corrected chi connectivity index (χ1v) is 12.2. The molecule has 0 amide bonds. The molecule has 1 aromatic carbocycles. The van der Waals surface area contributed by atoms with Crippen LogP contribution in [0.1, 0.15) is 57.3 Å². The van der Waals surface area contributed by atoms with E-state index < -0.39 is 0 Å². The summed E-state index contributed by atoms with van der Waals surface area (Å²) in [7, 11) is 0. The molecule has 0 spiro atoms. The molecule has 5 rings (SSSR count). The van der Waals surface area contributed by atoms with E-state index in [1.54, 1.807) is 0 Å². The minimum Gasteiger partial charge on any atom is -0.295 e. The number of aromatic nitrogens is 7. The smallest absolute Gasteiger partial charge is 0.295 e. The quantitative estimate of drug-likeness (QED) is 0.399. The summed E-state index contributed by atoms with van der Waals surface area (Å²) in [5.41, 5.74) is 4.87. The second-order valence-corrected chi connectivity index (χ2v) is 9.25. The monoisotopic (exact) mass is 457 g/mol. The molecule has 3 heterocycles. The summed E-state index contributed by atoms with van der Waals surface area (Å²) in [6.45, 7) is 7.18. The summed E-state index contributed by atoms with van der Waals surface area (Å²) in [6.07, 6.45) is 8.19. The van der Waals surface area contributed by atoms with Gasteiger partial charge in [0.15, 0.2) is 0 Å². The molecule has 8 nitrogen and oxygen atoms in total. The molecule has 8 heteroatoms. The van der Waals surface area contributed by atoms with Gasteiger partial charge < -0.3 is 0 Å². The van der Waals surface area contributed by atoms with Crippen LogP contribution in [0.3, 0.4) is 0 Å². The van der Waals surface area contributed by atoms with Crippen LogP contribution in [0, 0.1) is 11.8 Å². The first-order valence-electron chi connectivity index (χ1n) is 12.2. The summed E-state index contributed by atoms with van der Waals surface area (Å²) in [5.74, 6) is 1.71. The van der Waals surface area contributed by atoms with Crippen LogP contribution in [-0.4, -0.2) is 34.7 Å². The van der Waals surface area contributed by atoms with Crippen molar-refractivity contribution in [3.05, 3.63) is 70.5 Å². The molecular formula is C26H31N7O. The minimum absolute atomic E-state index is 0.102. The fourth-order valence-corrected chi connectivity index (χ4v) is 5.12. The van der Waals surface area contributed by atoms with E-state index >= 15 is 0 Å². The zero-order valence-corrected chi connectivity index (χ0v) is 20.0. The van der Waals surface area contributed by atoms with Crippen LogP contribution in [0.4, 0.5) is 0 Å². The summed E-state index contributed by atoms with van der Waals surface area (Å²) >= 11 is 0. The maximum Gasteiger partial charge on any atom is 0.328 e. The molecule has 1 fully saturated rings. The molecule has 0 aliphatic heterocycles. The predicted octanol–water partition coefficient (Wildman–Crippen LogP) is 4.50. The molecule has 0 radical (unpaired) electrons. The average molecular weight is 458 g/mol. The molecule has 1 aliphatic carbocycles. The van der Waals surface area contributed by atoms with Gasteiger partial charge in [0.1, 0.15) is 0 Å². The Hall–Kier alpha value is -3.55. The van der Waals surface area contributed by atoms with Crippen LogP contribution < -0.4 is 5.69 Å². The molecule has 1 saturated carbocycles. The van der Waals surface area contributed by atoms with Crippen LogP contribution in [0.25, 0.3) is 22.6 Å². The SMILES string of the molecule is CCCCc1cn(C2C(C)C2CC)c(=O)n1Cc1ccc(-c2ccccc2-c2nn[nH]n2)nc1. The van der Waals surface area contributed by atoms with Crippen molar-refractivity contribution in [1.29, 1.82) is 0 Å². The minimum atomic E-state index is 0.102. The molecule has 0 saturated heterocycles. The topological polar surface area (TPSA) is 94.3 Å². The van der Waals surface area contributed by atoms with Crippen molar-refractivity contribution in [2.75, 3.05) is 0 Å². The highest BCUT2D eigenvalue weighted by Gasteiger charge is 2.47. The number of H-pyrrole nitrogens is 1. The second kappa shape index (κ2) is 9.37. The van der Waals surface area contributed by atoms with Gasteiger partial charge in [-0.05, 0) is 41.5 Å². The van der Waals surface area contributed by atoms with Gasteiger partial charge in [0.05, 0.1) is 12.2 Å². The van der Waals surface area contributed by atoms with Gasteiger partial charge in [0.25, 0.3) is 0 Å². The number of nitrogens with one attached hydrogen (secondary N) is 1. The number of aryl methyl sites for hydroxylation is 1. The lowest BCUT2D eigenvalue weighted by Crippen LogP contribution is -2.25. The highest BCUT2D eigenvalue weighted by atomic mass is 16.1. The van der Waals surface area contributed by atoms with Crippen molar-refractivity contribution in [2.24, 2.45) is 11.8 Å². The second-order valence-electron chi connectivity index (χ2n) is 9.25. The summed E-state index contributed by atoms with van der Waals surface area (Å²) in [5, 5.41) is 14.4. The average Bonchev–Trinajstić information content (AvgIpc) is 3.18. The molecule has 0 bridgehead atoms. The molecule has 34 heavy (non-hydrogen) atoms. The lowest BCUT2D eigenvalue weighted by atomic mass is 10.0. The fourth-order valence-electron chi connectivity index (χ4n) is 5.12. The molecular weight excluding hydrogens is 426 g/mol. The van der Waals surface area contributed by atoms with Gasteiger partial charge in [-0.15, -0.1) is 10.2 Å². The van der Waals surface area contributed by atoms with E-state index in [2.05, 4.69) is 53.7 Å². The standard InChI is InChI=1S/C26H31N7O/c1-4-6-9-19-16-33(24-17(3)20(24)5-2)26(34)32(19)15-18-12-13-23(27-14-18)21-10-7-8-11-22(21)25-28-30-31-29-25/h7-8,10-14,16-17,20,24H,4-6,9,15H2,1-3H3,(H,28,29,30,31). The highest BCUT2D eigenvalue weighted by molar-refractivity contribution is 5.78. The first kappa shape index (κ1) is 22.3. The lowest BCUT2D eigenvalue weighted by molar-refractivity contribution is 0.594. The Balaban J connectivity index is 1.43. The van der Waals surface area contributed by atoms with Gasteiger partial charge in [-0.25, -0.2) is 4.79 Å². The third-order valence-electron chi connectivity index (χ3n) is 7.13. The Morgan fingerprint density at radius 2 is 1.91 bits per heavy atom. The zero-order valence-electron chi connectivity index (χ0n) is 20.0. The third kappa shape index (κ3) is 4.08. The number of rotatable bonds is 9. The first-order chi connectivity index (χ1) is 16.6. The van der Waals surface area contributed by atoms with Gasteiger partial charge in [0.2, 0.25) is 5.82 Å². The Morgan fingerprint density at radius 1 is 1.09 bits per heavy atom. The largest absolute Gasteiger partial charge is 0.328 e. The lowest BCUT2D eigenvalue weighted by Gasteiger charge is -2.09. The van der Waals surface area contributed by atoms with E-state index in [-0.39, 0.29) is 5.69 Å². The van der Waals surface area contributed by atoms with Crippen LogP contribution in [0.2, 0.25) is 0 Å². The number of unbranched alkanes of at least 4 members (excludes halogenated alkanes) is 1. The Bertz CT molecular complexity index is 1300. The number of pyridine rings is 1. The summed E-state index contributed by atoms with van der Waals surface area (Å²) in [6, 6.07) is 12.3. The van der Waals surface area contributed by atoms with E-state index in [0.717, 1.165) is 53.8 Å². The van der Waals surface area contributed by atoms with Gasteiger partial charge in [-0.2, -0.15) is 5.21 Å². The van der Waals surface area contributed by atoms with Crippen LogP contribution in [-0.2, 0) is 13.0 Å². The van der Waals surface area contributed by atoms with Crippen LogP contribution >= 0.6 is 0 Å². The molecule has 3 unspecified atom stereocenters. The maximum absolute atomic E-state index is 13.4. The van der Waals surface area contributed by atoms with Crippen molar-refractivity contribution in [2.45, 2.75) is 59.0 Å². The predicted molar refractivity (Wildman–Crippen MR) is 131 cm³/mol. The van der Waals surface area contributed by atoms with Gasteiger partial charge in [-0.3, -0.25) is 14.1 Å². The van der Waals surface area contributed by atoms with Gasteiger partial charge >= 0.3 is 5.69 Å². The highest BCUT2D eigenvalue weighted by Crippen LogP contribution is 2.51. The van der Waals surface area contributed by atoms with Gasteiger partial charge in [-0.1, -0.05) is 63.9 Å². The number of benzene rings is 1. The van der Waals surface area contributed by atoms with E-state index in [1.807, 2.05) is 45.7 Å². The molecule has 1 aliphatic rings. The molecule has 3 atom stereocenters. The van der Waals surface area contributed by atoms with Crippen molar-refractivity contribution in [3.8, 4) is 22.6 Å². The van der Waals surface area contributed by atoms with Crippen molar-refractivity contribution in [1.82, 2.24) is 34.7 Å². The number of aromatic amines is 1. The number of tetrazole rings is 1. The summed E-state index contributed by atoms with van der Waals surface area (Å²) in [4.78, 5) is 18.1. The van der Waals surface area contributed by atoms with Crippen molar-refractivity contribution >= 4 is 0 Å². The maximum atomic E-state index is 13.4. The van der Waals surface area contributed by atoms with E-state index in [0.29, 0.717) is 30.2 Å². The van der Waals surface area contributed by atoms with E-state index in [1.165, 1.54) is 0 Å². The van der Waals surface area contributed by atoms with Crippen LogP contribution in [0.5, 0.6) is 0 Å². The molecule has 4 aromatic rings. The zero-order chi connectivity index (χ0) is 23.7. The van der Waals surface area contributed by atoms with E-state index in [9.17, 15) is 4.79 Å². The number of nitrogens with zero attached hydrogens (tertiary/aromatic N) is 6. The molecule has 1 N–H and O–H groups in total. The summed E-state index contributed by atoms with van der Waals surface area (Å²) < 4.78 is 3.93. The Labute approximate surface area is 199 Å². The third-order valence-corrected chi connectivity index (χ3v) is 7.13. The molecule has 3 aromatic heterocycles. The Morgan fingerprint density at radius 3 is 2.56 bits per heavy atom. The van der Waals surface area contributed by atoms with Crippen LogP contribution in [0.15, 0.2) is 53.6 Å².